The first kappa shape index (κ1) is 13.5. The Hall–Kier alpha value is -1.97. The highest BCUT2D eigenvalue weighted by Gasteiger charge is 2.13. The van der Waals surface area contributed by atoms with E-state index in [1.807, 2.05) is 4.90 Å². The first-order chi connectivity index (χ1) is 9.20. The zero-order valence-electron chi connectivity index (χ0n) is 11.1. The average molecular weight is 261 g/mol. The van der Waals surface area contributed by atoms with E-state index in [1.165, 1.54) is 18.6 Å². The number of benzene rings is 1. The molecule has 1 aliphatic heterocycles. The SMILES string of the molecule is COc1ccc(/C=C/C(=O)N2CCCCC2)c(O)c1. The lowest BCUT2D eigenvalue weighted by atomic mass is 10.1. The number of aromatic hydroxyl groups is 1. The standard InChI is InChI=1S/C15H19NO3/c1-19-13-7-5-12(14(17)11-13)6-8-15(18)16-9-3-2-4-10-16/h5-8,11,17H,2-4,9-10H2,1H3/b8-6+. The number of phenols is 1. The van der Waals surface area contributed by atoms with Gasteiger partial charge < -0.3 is 14.7 Å². The zero-order chi connectivity index (χ0) is 13.7. The molecular formula is C15H19NO3. The molecule has 4 nitrogen and oxygen atoms in total. The summed E-state index contributed by atoms with van der Waals surface area (Å²) in [6.07, 6.45) is 6.52. The second-order valence-electron chi connectivity index (χ2n) is 4.64. The van der Waals surface area contributed by atoms with Gasteiger partial charge >= 0.3 is 0 Å². The van der Waals surface area contributed by atoms with Crippen molar-refractivity contribution in [2.75, 3.05) is 20.2 Å². The monoisotopic (exact) mass is 261 g/mol. The van der Waals surface area contributed by atoms with E-state index in [9.17, 15) is 9.90 Å². The summed E-state index contributed by atoms with van der Waals surface area (Å²) in [5, 5.41) is 9.79. The smallest absolute Gasteiger partial charge is 0.246 e. The van der Waals surface area contributed by atoms with E-state index in [4.69, 9.17) is 4.74 Å². The Morgan fingerprint density at radius 3 is 2.68 bits per heavy atom. The maximum absolute atomic E-state index is 11.9. The van der Waals surface area contributed by atoms with E-state index in [0.717, 1.165) is 25.9 Å². The first-order valence-electron chi connectivity index (χ1n) is 6.54. The predicted octanol–water partition coefficient (Wildman–Crippen LogP) is 2.43. The molecule has 0 aromatic heterocycles. The van der Waals surface area contributed by atoms with Crippen molar-refractivity contribution in [1.82, 2.24) is 4.90 Å². The number of phenolic OH excluding ortho intramolecular Hbond substituents is 1. The lowest BCUT2D eigenvalue weighted by Gasteiger charge is -2.25. The Morgan fingerprint density at radius 2 is 2.05 bits per heavy atom. The van der Waals surface area contributed by atoms with Gasteiger partial charge in [-0.05, 0) is 37.5 Å². The summed E-state index contributed by atoms with van der Waals surface area (Å²) in [5.41, 5.74) is 0.617. The summed E-state index contributed by atoms with van der Waals surface area (Å²) in [6.45, 7) is 1.66. The lowest BCUT2D eigenvalue weighted by molar-refractivity contribution is -0.126. The molecule has 2 rings (SSSR count). The van der Waals surface area contributed by atoms with E-state index >= 15 is 0 Å². The van der Waals surface area contributed by atoms with Crippen molar-refractivity contribution < 1.29 is 14.6 Å². The fourth-order valence-electron chi connectivity index (χ4n) is 2.17. The van der Waals surface area contributed by atoms with Crippen molar-refractivity contribution in [1.29, 1.82) is 0 Å². The van der Waals surface area contributed by atoms with Gasteiger partial charge in [-0.25, -0.2) is 0 Å². The Morgan fingerprint density at radius 1 is 1.32 bits per heavy atom. The number of carbonyl (C=O) groups excluding carboxylic acids is 1. The maximum atomic E-state index is 11.9. The fraction of sp³-hybridized carbons (Fsp3) is 0.400. The summed E-state index contributed by atoms with van der Waals surface area (Å²) in [7, 11) is 1.55. The molecule has 0 saturated carbocycles. The molecule has 1 aliphatic rings. The molecule has 102 valence electrons. The minimum Gasteiger partial charge on any atom is -0.507 e. The van der Waals surface area contributed by atoms with Gasteiger partial charge in [-0.1, -0.05) is 0 Å². The van der Waals surface area contributed by atoms with Crippen LogP contribution in [0.1, 0.15) is 24.8 Å². The van der Waals surface area contributed by atoms with Crippen LogP contribution in [0.3, 0.4) is 0 Å². The molecular weight excluding hydrogens is 242 g/mol. The Kier molecular flexibility index (Phi) is 4.44. The van der Waals surface area contributed by atoms with Gasteiger partial charge in [0.15, 0.2) is 0 Å². The fourth-order valence-corrected chi connectivity index (χ4v) is 2.17. The Labute approximate surface area is 113 Å². The number of hydrogen-bond acceptors (Lipinski definition) is 3. The summed E-state index contributed by atoms with van der Waals surface area (Å²) >= 11 is 0. The number of piperidine rings is 1. The zero-order valence-corrected chi connectivity index (χ0v) is 11.1. The number of likely N-dealkylation sites (tertiary alicyclic amines) is 1. The highest BCUT2D eigenvalue weighted by atomic mass is 16.5. The quantitative estimate of drug-likeness (QED) is 0.850. The molecule has 1 amide bonds. The van der Waals surface area contributed by atoms with Crippen LogP contribution >= 0.6 is 0 Å². The van der Waals surface area contributed by atoms with Crippen LogP contribution < -0.4 is 4.74 Å². The molecule has 1 N–H and O–H groups in total. The number of methoxy groups -OCH3 is 1. The molecule has 4 heteroatoms. The second kappa shape index (κ2) is 6.27. The van der Waals surface area contributed by atoms with Crippen molar-refractivity contribution >= 4 is 12.0 Å². The first-order valence-corrected chi connectivity index (χ1v) is 6.54. The molecule has 1 aromatic carbocycles. The number of nitrogens with zero attached hydrogens (tertiary/aromatic N) is 1. The number of hydrogen-bond donors (Lipinski definition) is 1. The third-order valence-electron chi connectivity index (χ3n) is 3.31. The number of rotatable bonds is 3. The van der Waals surface area contributed by atoms with E-state index in [2.05, 4.69) is 0 Å². The summed E-state index contributed by atoms with van der Waals surface area (Å²) in [6, 6.07) is 5.02. The topological polar surface area (TPSA) is 49.8 Å². The molecule has 0 bridgehead atoms. The second-order valence-corrected chi connectivity index (χ2v) is 4.64. The number of amides is 1. The van der Waals surface area contributed by atoms with Crippen LogP contribution in [0.15, 0.2) is 24.3 Å². The summed E-state index contributed by atoms with van der Waals surface area (Å²) in [5.74, 6) is 0.717. The normalized spacial score (nSPS) is 15.7. The van der Waals surface area contributed by atoms with Crippen LogP contribution in [0.4, 0.5) is 0 Å². The number of carbonyl (C=O) groups is 1. The highest BCUT2D eigenvalue weighted by Crippen LogP contribution is 2.24. The minimum atomic E-state index is 0.00918. The largest absolute Gasteiger partial charge is 0.507 e. The van der Waals surface area contributed by atoms with E-state index in [1.54, 1.807) is 25.3 Å². The molecule has 1 fully saturated rings. The van der Waals surface area contributed by atoms with Crippen LogP contribution in [0.25, 0.3) is 6.08 Å². The summed E-state index contributed by atoms with van der Waals surface area (Å²) < 4.78 is 5.01. The van der Waals surface area contributed by atoms with Gasteiger partial charge in [0.25, 0.3) is 0 Å². The molecule has 1 heterocycles. The van der Waals surface area contributed by atoms with Gasteiger partial charge in [0.1, 0.15) is 11.5 Å². The minimum absolute atomic E-state index is 0.00918. The van der Waals surface area contributed by atoms with Crippen LogP contribution in [-0.2, 0) is 4.79 Å². The molecule has 0 aliphatic carbocycles. The van der Waals surface area contributed by atoms with Gasteiger partial charge in [-0.2, -0.15) is 0 Å². The molecule has 0 spiro atoms. The van der Waals surface area contributed by atoms with Crippen molar-refractivity contribution in [3.05, 3.63) is 29.8 Å². The maximum Gasteiger partial charge on any atom is 0.246 e. The van der Waals surface area contributed by atoms with E-state index in [0.29, 0.717) is 11.3 Å². The van der Waals surface area contributed by atoms with Gasteiger partial charge in [0.05, 0.1) is 7.11 Å². The third kappa shape index (κ3) is 3.50. The highest BCUT2D eigenvalue weighted by molar-refractivity contribution is 5.92. The Bertz CT molecular complexity index is 476. The van der Waals surface area contributed by atoms with Crippen molar-refractivity contribution in [3.8, 4) is 11.5 Å². The molecule has 1 saturated heterocycles. The van der Waals surface area contributed by atoms with Crippen molar-refractivity contribution in [2.24, 2.45) is 0 Å². The third-order valence-corrected chi connectivity index (χ3v) is 3.31. The van der Waals surface area contributed by atoms with Crippen molar-refractivity contribution in [3.63, 3.8) is 0 Å². The van der Waals surface area contributed by atoms with Crippen LogP contribution in [0.2, 0.25) is 0 Å². The average Bonchev–Trinajstić information content (AvgIpc) is 2.46. The van der Waals surface area contributed by atoms with Gasteiger partial charge in [-0.15, -0.1) is 0 Å². The molecule has 1 aromatic rings. The van der Waals surface area contributed by atoms with Crippen LogP contribution in [0.5, 0.6) is 11.5 Å². The van der Waals surface area contributed by atoms with Crippen molar-refractivity contribution in [2.45, 2.75) is 19.3 Å². The van der Waals surface area contributed by atoms with E-state index in [-0.39, 0.29) is 11.7 Å². The lowest BCUT2D eigenvalue weighted by Crippen LogP contribution is -2.34. The molecule has 19 heavy (non-hydrogen) atoms. The Balaban J connectivity index is 2.03. The van der Waals surface area contributed by atoms with Gasteiger partial charge in [-0.3, -0.25) is 4.79 Å². The predicted molar refractivity (Wildman–Crippen MR) is 74.1 cm³/mol. The van der Waals surface area contributed by atoms with Crippen LogP contribution in [-0.4, -0.2) is 36.1 Å². The summed E-state index contributed by atoms with van der Waals surface area (Å²) in [4.78, 5) is 13.8. The van der Waals surface area contributed by atoms with Gasteiger partial charge in [0, 0.05) is 30.8 Å². The molecule has 0 radical (unpaired) electrons. The number of ether oxygens (including phenoxy) is 1. The van der Waals surface area contributed by atoms with Crippen LogP contribution in [0, 0.1) is 0 Å². The molecule has 0 atom stereocenters. The van der Waals surface area contributed by atoms with E-state index < -0.39 is 0 Å². The van der Waals surface area contributed by atoms with Gasteiger partial charge in [0.2, 0.25) is 5.91 Å². The molecule has 0 unspecified atom stereocenters.